The minimum atomic E-state index is -1.27. The third-order valence-electron chi connectivity index (χ3n) is 3.31. The Labute approximate surface area is 115 Å². The standard InChI is InChI=1S/C14H21N3OSi/c1-12(19(2,3)4)18-11-17-14(8-10-16-17)13-7-5-6-9-15-13/h5-10,12H,11H2,1-4H3. The van der Waals surface area contributed by atoms with Gasteiger partial charge in [0, 0.05) is 18.1 Å². The van der Waals surface area contributed by atoms with Crippen molar-refractivity contribution in [2.24, 2.45) is 0 Å². The van der Waals surface area contributed by atoms with Gasteiger partial charge in [-0.15, -0.1) is 0 Å². The van der Waals surface area contributed by atoms with Gasteiger partial charge in [0.2, 0.25) is 0 Å². The van der Waals surface area contributed by atoms with Gasteiger partial charge in [-0.3, -0.25) is 4.98 Å². The third-order valence-corrected chi connectivity index (χ3v) is 5.92. The molecule has 0 aliphatic heterocycles. The van der Waals surface area contributed by atoms with Gasteiger partial charge in [-0.2, -0.15) is 5.10 Å². The number of hydrogen-bond acceptors (Lipinski definition) is 3. The maximum absolute atomic E-state index is 5.95. The fraction of sp³-hybridized carbons (Fsp3) is 0.429. The van der Waals surface area contributed by atoms with Crippen LogP contribution in [0.2, 0.25) is 19.6 Å². The summed E-state index contributed by atoms with van der Waals surface area (Å²) in [6.07, 6.45) is 3.57. The highest BCUT2D eigenvalue weighted by atomic mass is 28.3. The van der Waals surface area contributed by atoms with Crippen LogP contribution in [0.5, 0.6) is 0 Å². The van der Waals surface area contributed by atoms with E-state index in [2.05, 4.69) is 36.6 Å². The minimum Gasteiger partial charge on any atom is -0.360 e. The van der Waals surface area contributed by atoms with Gasteiger partial charge < -0.3 is 4.74 Å². The Morgan fingerprint density at radius 1 is 1.21 bits per heavy atom. The van der Waals surface area contributed by atoms with Crippen LogP contribution in [0.3, 0.4) is 0 Å². The molecule has 2 rings (SSSR count). The predicted molar refractivity (Wildman–Crippen MR) is 79.4 cm³/mol. The van der Waals surface area contributed by atoms with E-state index in [-0.39, 0.29) is 0 Å². The average Bonchev–Trinajstić information content (AvgIpc) is 2.84. The summed E-state index contributed by atoms with van der Waals surface area (Å²) < 4.78 is 7.81. The first-order valence-corrected chi connectivity index (χ1v) is 10.1. The molecule has 0 aromatic carbocycles. The van der Waals surface area contributed by atoms with Crippen molar-refractivity contribution in [2.75, 3.05) is 0 Å². The van der Waals surface area contributed by atoms with E-state index in [1.165, 1.54) is 0 Å². The fourth-order valence-electron chi connectivity index (χ4n) is 1.60. The van der Waals surface area contributed by atoms with E-state index in [9.17, 15) is 0 Å². The molecule has 0 fully saturated rings. The van der Waals surface area contributed by atoms with Crippen molar-refractivity contribution in [2.45, 2.75) is 39.0 Å². The maximum Gasteiger partial charge on any atom is 0.140 e. The molecular formula is C14H21N3OSi. The number of rotatable bonds is 5. The topological polar surface area (TPSA) is 39.9 Å². The lowest BCUT2D eigenvalue weighted by Crippen LogP contribution is -2.38. The molecule has 0 amide bonds. The molecule has 102 valence electrons. The second-order valence-electron chi connectivity index (χ2n) is 5.73. The highest BCUT2D eigenvalue weighted by Crippen LogP contribution is 2.17. The second-order valence-corrected chi connectivity index (χ2v) is 11.3. The molecule has 1 unspecified atom stereocenters. The van der Waals surface area contributed by atoms with Gasteiger partial charge in [0.05, 0.1) is 19.5 Å². The normalized spacial score (nSPS) is 13.5. The third kappa shape index (κ3) is 3.51. The highest BCUT2D eigenvalue weighted by molar-refractivity contribution is 6.77. The number of nitrogens with zero attached hydrogens (tertiary/aromatic N) is 3. The Morgan fingerprint density at radius 3 is 2.63 bits per heavy atom. The Hall–Kier alpha value is -1.46. The lowest BCUT2D eigenvalue weighted by Gasteiger charge is -2.25. The van der Waals surface area contributed by atoms with Crippen molar-refractivity contribution in [3.63, 3.8) is 0 Å². The molecule has 0 aliphatic carbocycles. The summed E-state index contributed by atoms with van der Waals surface area (Å²) >= 11 is 0. The Morgan fingerprint density at radius 2 is 2.00 bits per heavy atom. The van der Waals surface area contributed by atoms with E-state index in [1.807, 2.05) is 28.9 Å². The van der Waals surface area contributed by atoms with E-state index < -0.39 is 8.07 Å². The molecule has 5 heteroatoms. The zero-order valence-electron chi connectivity index (χ0n) is 12.0. The smallest absolute Gasteiger partial charge is 0.140 e. The molecular weight excluding hydrogens is 254 g/mol. The first-order chi connectivity index (χ1) is 8.98. The van der Waals surface area contributed by atoms with Gasteiger partial charge in [0.15, 0.2) is 0 Å². The van der Waals surface area contributed by atoms with Crippen molar-refractivity contribution < 1.29 is 4.74 Å². The lowest BCUT2D eigenvalue weighted by molar-refractivity contribution is 0.0501. The van der Waals surface area contributed by atoms with Gasteiger partial charge in [0.1, 0.15) is 6.73 Å². The van der Waals surface area contributed by atoms with Gasteiger partial charge in [-0.1, -0.05) is 25.7 Å². The SMILES string of the molecule is CC(OCn1nccc1-c1ccccn1)[Si](C)(C)C. The highest BCUT2D eigenvalue weighted by Gasteiger charge is 2.23. The molecule has 0 N–H and O–H groups in total. The van der Waals surface area contributed by atoms with E-state index >= 15 is 0 Å². The van der Waals surface area contributed by atoms with Gasteiger partial charge in [0.25, 0.3) is 0 Å². The van der Waals surface area contributed by atoms with Gasteiger partial charge in [-0.25, -0.2) is 4.68 Å². The summed E-state index contributed by atoms with van der Waals surface area (Å²) in [7, 11) is -1.27. The average molecular weight is 275 g/mol. The number of hydrogen-bond donors (Lipinski definition) is 0. The molecule has 2 heterocycles. The zero-order chi connectivity index (χ0) is 13.9. The number of pyridine rings is 1. The van der Waals surface area contributed by atoms with E-state index in [0.717, 1.165) is 11.4 Å². The van der Waals surface area contributed by atoms with Crippen LogP contribution >= 0.6 is 0 Å². The first-order valence-electron chi connectivity index (χ1n) is 6.53. The Kier molecular flexibility index (Phi) is 4.16. The zero-order valence-corrected chi connectivity index (χ0v) is 13.0. The number of aromatic nitrogens is 3. The van der Waals surface area contributed by atoms with Gasteiger partial charge in [-0.05, 0) is 25.1 Å². The molecule has 2 aromatic heterocycles. The second kappa shape index (κ2) is 5.67. The molecule has 4 nitrogen and oxygen atoms in total. The molecule has 0 saturated heterocycles. The summed E-state index contributed by atoms with van der Waals surface area (Å²) in [4.78, 5) is 4.35. The summed E-state index contributed by atoms with van der Waals surface area (Å²) in [6, 6.07) is 7.83. The molecule has 0 bridgehead atoms. The van der Waals surface area contributed by atoms with Crippen molar-refractivity contribution in [1.82, 2.24) is 14.8 Å². The molecule has 0 saturated carbocycles. The van der Waals surface area contributed by atoms with Crippen LogP contribution in [-0.2, 0) is 11.5 Å². The number of ether oxygens (including phenoxy) is 1. The van der Waals surface area contributed by atoms with Crippen molar-refractivity contribution >= 4 is 8.07 Å². The Bertz CT molecular complexity index is 519. The minimum absolute atomic E-state index is 0.299. The predicted octanol–water partition coefficient (Wildman–Crippen LogP) is 3.19. The summed E-state index contributed by atoms with van der Waals surface area (Å²) in [5, 5.41) is 4.31. The van der Waals surface area contributed by atoms with Crippen LogP contribution in [0.25, 0.3) is 11.4 Å². The van der Waals surface area contributed by atoms with Crippen molar-refractivity contribution in [1.29, 1.82) is 0 Å². The van der Waals surface area contributed by atoms with E-state index in [0.29, 0.717) is 12.5 Å². The van der Waals surface area contributed by atoms with Crippen molar-refractivity contribution in [3.05, 3.63) is 36.7 Å². The monoisotopic (exact) mass is 275 g/mol. The van der Waals surface area contributed by atoms with E-state index in [1.54, 1.807) is 12.4 Å². The van der Waals surface area contributed by atoms with Crippen LogP contribution in [-0.4, -0.2) is 28.6 Å². The van der Waals surface area contributed by atoms with Gasteiger partial charge >= 0.3 is 0 Å². The summed E-state index contributed by atoms with van der Waals surface area (Å²) in [6.45, 7) is 9.54. The molecule has 19 heavy (non-hydrogen) atoms. The summed E-state index contributed by atoms with van der Waals surface area (Å²) in [5.74, 6) is 0. The summed E-state index contributed by atoms with van der Waals surface area (Å²) in [5.41, 5.74) is 2.21. The van der Waals surface area contributed by atoms with Crippen LogP contribution in [0.1, 0.15) is 6.92 Å². The van der Waals surface area contributed by atoms with Crippen LogP contribution in [0.4, 0.5) is 0 Å². The Balaban J connectivity index is 2.09. The quantitative estimate of drug-likeness (QED) is 0.787. The van der Waals surface area contributed by atoms with Crippen LogP contribution in [0, 0.1) is 0 Å². The van der Waals surface area contributed by atoms with E-state index in [4.69, 9.17) is 4.74 Å². The molecule has 1 atom stereocenters. The molecule has 0 spiro atoms. The fourth-order valence-corrected chi connectivity index (χ4v) is 2.17. The largest absolute Gasteiger partial charge is 0.360 e. The van der Waals surface area contributed by atoms with Crippen LogP contribution in [0.15, 0.2) is 36.7 Å². The first kappa shape index (κ1) is 14.0. The van der Waals surface area contributed by atoms with Crippen molar-refractivity contribution in [3.8, 4) is 11.4 Å². The molecule has 0 radical (unpaired) electrons. The van der Waals surface area contributed by atoms with Crippen LogP contribution < -0.4 is 0 Å². The molecule has 2 aromatic rings. The lowest BCUT2D eigenvalue weighted by atomic mass is 10.3. The molecule has 0 aliphatic rings. The maximum atomic E-state index is 5.95.